The van der Waals surface area contributed by atoms with Gasteiger partial charge in [0.1, 0.15) is 0 Å². The van der Waals surface area contributed by atoms with Gasteiger partial charge in [0, 0.05) is 6.54 Å². The van der Waals surface area contributed by atoms with Gasteiger partial charge in [0.05, 0.1) is 60.9 Å². The SMILES string of the molecule is COc1ccc(C2=C(c3ccc(OC)c(OC)c3)C(=O)N(CCc3cc(OC)c(OC)c(OC)c3)C2=O)cc1OC. The van der Waals surface area contributed by atoms with Crippen LogP contribution in [0.25, 0.3) is 11.1 Å². The van der Waals surface area contributed by atoms with Crippen molar-refractivity contribution < 1.29 is 42.7 Å². The zero-order chi connectivity index (χ0) is 29.7. The zero-order valence-electron chi connectivity index (χ0n) is 24.2. The number of carbonyl (C=O) groups excluding carboxylic acids is 2. The van der Waals surface area contributed by atoms with E-state index in [9.17, 15) is 9.59 Å². The largest absolute Gasteiger partial charge is 0.493 e. The van der Waals surface area contributed by atoms with Crippen LogP contribution in [0, 0.1) is 0 Å². The summed E-state index contributed by atoms with van der Waals surface area (Å²) in [6.07, 6.45) is 0.354. The van der Waals surface area contributed by atoms with E-state index in [4.69, 9.17) is 33.2 Å². The standard InChI is InChI=1S/C31H33NO9/c1-35-21-10-8-19(16-23(21)37-3)27-28(20-9-11-22(36-2)24(17-20)38-4)31(34)32(30(27)33)13-12-18-14-25(39-5)29(41-7)26(15-18)40-6/h8-11,14-17H,12-13H2,1-7H3. The Hall–Kier alpha value is -4.86. The Bertz CT molecular complexity index is 1390. The van der Waals surface area contributed by atoms with Gasteiger partial charge in [-0.2, -0.15) is 0 Å². The molecule has 0 fully saturated rings. The Morgan fingerprint density at radius 1 is 0.512 bits per heavy atom. The first-order valence-corrected chi connectivity index (χ1v) is 12.7. The highest BCUT2D eigenvalue weighted by molar-refractivity contribution is 6.49. The van der Waals surface area contributed by atoms with Crippen molar-refractivity contribution in [3.05, 3.63) is 65.2 Å². The fourth-order valence-corrected chi connectivity index (χ4v) is 4.82. The van der Waals surface area contributed by atoms with Crippen LogP contribution in [0.2, 0.25) is 0 Å². The van der Waals surface area contributed by atoms with E-state index in [1.807, 2.05) is 0 Å². The second-order valence-corrected chi connectivity index (χ2v) is 8.94. The minimum atomic E-state index is -0.431. The van der Waals surface area contributed by atoms with Crippen LogP contribution in [0.5, 0.6) is 40.2 Å². The van der Waals surface area contributed by atoms with Crippen LogP contribution in [0.1, 0.15) is 16.7 Å². The van der Waals surface area contributed by atoms with Gasteiger partial charge < -0.3 is 33.2 Å². The van der Waals surface area contributed by atoms with Crippen LogP contribution in [-0.2, 0) is 16.0 Å². The molecule has 0 saturated carbocycles. The van der Waals surface area contributed by atoms with Crippen LogP contribution in [-0.4, -0.2) is 73.0 Å². The summed E-state index contributed by atoms with van der Waals surface area (Å²) >= 11 is 0. The second-order valence-electron chi connectivity index (χ2n) is 8.94. The Morgan fingerprint density at radius 2 is 0.927 bits per heavy atom. The Morgan fingerprint density at radius 3 is 1.29 bits per heavy atom. The van der Waals surface area contributed by atoms with Gasteiger partial charge in [0.2, 0.25) is 5.75 Å². The lowest BCUT2D eigenvalue weighted by Gasteiger charge is -2.18. The van der Waals surface area contributed by atoms with E-state index >= 15 is 0 Å². The number of imide groups is 1. The fourth-order valence-electron chi connectivity index (χ4n) is 4.82. The van der Waals surface area contributed by atoms with Crippen LogP contribution >= 0.6 is 0 Å². The molecule has 0 bridgehead atoms. The minimum Gasteiger partial charge on any atom is -0.493 e. The predicted octanol–water partition coefficient (Wildman–Crippen LogP) is 4.27. The molecule has 0 aliphatic carbocycles. The third-order valence-corrected chi connectivity index (χ3v) is 6.86. The zero-order valence-corrected chi connectivity index (χ0v) is 24.2. The van der Waals surface area contributed by atoms with Gasteiger partial charge in [0.15, 0.2) is 34.5 Å². The molecule has 3 aromatic rings. The molecule has 0 spiro atoms. The summed E-state index contributed by atoms with van der Waals surface area (Å²) in [7, 11) is 10.7. The molecule has 1 heterocycles. The average Bonchev–Trinajstić information content (AvgIpc) is 3.26. The van der Waals surface area contributed by atoms with Crippen LogP contribution in [0.4, 0.5) is 0 Å². The average molecular weight is 564 g/mol. The Balaban J connectivity index is 1.78. The second kappa shape index (κ2) is 12.5. The maximum Gasteiger partial charge on any atom is 0.262 e. The lowest BCUT2D eigenvalue weighted by Crippen LogP contribution is -2.33. The highest BCUT2D eigenvalue weighted by Crippen LogP contribution is 2.42. The quantitative estimate of drug-likeness (QED) is 0.299. The maximum absolute atomic E-state index is 13.9. The predicted molar refractivity (Wildman–Crippen MR) is 152 cm³/mol. The Labute approximate surface area is 238 Å². The summed E-state index contributed by atoms with van der Waals surface area (Å²) in [5, 5.41) is 0. The highest BCUT2D eigenvalue weighted by Gasteiger charge is 2.40. The molecule has 1 aliphatic rings. The highest BCUT2D eigenvalue weighted by atomic mass is 16.5. The van der Waals surface area contributed by atoms with E-state index in [0.717, 1.165) is 5.56 Å². The first-order valence-electron chi connectivity index (χ1n) is 12.7. The molecule has 41 heavy (non-hydrogen) atoms. The summed E-state index contributed by atoms with van der Waals surface area (Å²) in [5.74, 6) is 2.42. The number of amides is 2. The van der Waals surface area contributed by atoms with Gasteiger partial charge in [-0.1, -0.05) is 12.1 Å². The van der Waals surface area contributed by atoms with Gasteiger partial charge in [-0.3, -0.25) is 14.5 Å². The molecule has 0 N–H and O–H groups in total. The van der Waals surface area contributed by atoms with Crippen molar-refractivity contribution in [3.63, 3.8) is 0 Å². The molecule has 10 nitrogen and oxygen atoms in total. The van der Waals surface area contributed by atoms with Crippen molar-refractivity contribution in [3.8, 4) is 40.2 Å². The summed E-state index contributed by atoms with van der Waals surface area (Å²) in [6.45, 7) is 0.115. The topological polar surface area (TPSA) is 102 Å². The summed E-state index contributed by atoms with van der Waals surface area (Å²) < 4.78 is 38.0. The van der Waals surface area contributed by atoms with E-state index < -0.39 is 11.8 Å². The van der Waals surface area contributed by atoms with E-state index in [1.54, 1.807) is 48.5 Å². The molecular formula is C31H33NO9. The van der Waals surface area contributed by atoms with Crippen molar-refractivity contribution in [1.82, 2.24) is 4.90 Å². The first kappa shape index (κ1) is 29.1. The molecule has 1 aliphatic heterocycles. The number of hydrogen-bond donors (Lipinski definition) is 0. The van der Waals surface area contributed by atoms with Gasteiger partial charge in [-0.15, -0.1) is 0 Å². The number of benzene rings is 3. The summed E-state index contributed by atoms with van der Waals surface area (Å²) in [4.78, 5) is 29.1. The van der Waals surface area contributed by atoms with Crippen molar-refractivity contribution in [2.75, 3.05) is 56.3 Å². The van der Waals surface area contributed by atoms with E-state index in [-0.39, 0.29) is 17.7 Å². The molecule has 0 aromatic heterocycles. The van der Waals surface area contributed by atoms with Crippen molar-refractivity contribution in [2.24, 2.45) is 0 Å². The normalized spacial score (nSPS) is 12.9. The van der Waals surface area contributed by atoms with Crippen LogP contribution in [0.15, 0.2) is 48.5 Å². The number of methoxy groups -OCH3 is 7. The van der Waals surface area contributed by atoms with E-state index in [1.165, 1.54) is 54.7 Å². The van der Waals surface area contributed by atoms with Gasteiger partial charge in [-0.25, -0.2) is 0 Å². The molecule has 0 unspecified atom stereocenters. The molecule has 4 rings (SSSR count). The van der Waals surface area contributed by atoms with Crippen molar-refractivity contribution in [1.29, 1.82) is 0 Å². The van der Waals surface area contributed by atoms with E-state index in [2.05, 4.69) is 0 Å². The molecule has 0 saturated heterocycles. The molecule has 3 aromatic carbocycles. The van der Waals surface area contributed by atoms with Crippen molar-refractivity contribution in [2.45, 2.75) is 6.42 Å². The van der Waals surface area contributed by atoms with Gasteiger partial charge >= 0.3 is 0 Å². The molecule has 0 radical (unpaired) electrons. The van der Waals surface area contributed by atoms with Crippen LogP contribution < -0.4 is 33.2 Å². The first-order chi connectivity index (χ1) is 19.8. The van der Waals surface area contributed by atoms with Gasteiger partial charge in [0.25, 0.3) is 11.8 Å². The van der Waals surface area contributed by atoms with Crippen LogP contribution in [0.3, 0.4) is 0 Å². The summed E-state index contributed by atoms with van der Waals surface area (Å²) in [5.41, 5.74) is 2.32. The molecule has 10 heteroatoms. The number of rotatable bonds is 12. The lowest BCUT2D eigenvalue weighted by molar-refractivity contribution is -0.135. The third kappa shape index (κ3) is 5.45. The monoisotopic (exact) mass is 563 g/mol. The molecular weight excluding hydrogens is 530 g/mol. The molecule has 0 atom stereocenters. The number of hydrogen-bond acceptors (Lipinski definition) is 9. The van der Waals surface area contributed by atoms with Crippen molar-refractivity contribution >= 4 is 23.0 Å². The smallest absolute Gasteiger partial charge is 0.262 e. The number of carbonyl (C=O) groups is 2. The lowest BCUT2D eigenvalue weighted by atomic mass is 9.95. The number of nitrogens with zero attached hydrogens (tertiary/aromatic N) is 1. The summed E-state index contributed by atoms with van der Waals surface area (Å²) in [6, 6.07) is 13.8. The molecule has 216 valence electrons. The third-order valence-electron chi connectivity index (χ3n) is 6.86. The van der Waals surface area contributed by atoms with Gasteiger partial charge in [-0.05, 0) is 59.5 Å². The van der Waals surface area contributed by atoms with E-state index in [0.29, 0.717) is 57.8 Å². The minimum absolute atomic E-state index is 0.115. The number of ether oxygens (including phenoxy) is 7. The fraction of sp³-hybridized carbons (Fsp3) is 0.290. The Kier molecular flexibility index (Phi) is 8.91. The maximum atomic E-state index is 13.9. The molecule has 2 amide bonds.